The van der Waals surface area contributed by atoms with Crippen molar-refractivity contribution >= 4 is 17.7 Å². The fraction of sp³-hybridized carbons (Fsp3) is 0.150. The number of nitrogens with one attached hydrogen (secondary N) is 2. The van der Waals surface area contributed by atoms with E-state index in [9.17, 15) is 22.4 Å². The monoisotopic (exact) mass is 436 g/mol. The van der Waals surface area contributed by atoms with Crippen LogP contribution < -0.4 is 15.4 Å². The molecule has 3 aromatic rings. The maximum absolute atomic E-state index is 13.4. The van der Waals surface area contributed by atoms with E-state index in [1.165, 1.54) is 30.3 Å². The Labute approximate surface area is 173 Å². The summed E-state index contributed by atoms with van der Waals surface area (Å²) < 4.78 is 54.9. The molecular formula is C20H16F4N4O3. The number of ether oxygens (including phenoxy) is 1. The number of nitrogens with zero attached hydrogens (tertiary/aromatic N) is 2. The lowest BCUT2D eigenvalue weighted by atomic mass is 10.1. The maximum Gasteiger partial charge on any atom is 0.573 e. The normalized spacial score (nSPS) is 11.1. The summed E-state index contributed by atoms with van der Waals surface area (Å²) >= 11 is 0. The molecule has 1 aromatic heterocycles. The SMILES string of the molecule is O=C(O)CNc1nc(NCc2cccc(F)c2)cc(-c2cccc(OC(F)(F)F)c2)n1. The highest BCUT2D eigenvalue weighted by Gasteiger charge is 2.31. The van der Waals surface area contributed by atoms with Gasteiger partial charge in [0.25, 0.3) is 0 Å². The van der Waals surface area contributed by atoms with Gasteiger partial charge in [-0.1, -0.05) is 24.3 Å². The molecule has 0 fully saturated rings. The van der Waals surface area contributed by atoms with Crippen LogP contribution in [0.25, 0.3) is 11.3 Å². The molecular weight excluding hydrogens is 420 g/mol. The van der Waals surface area contributed by atoms with Crippen molar-refractivity contribution in [2.24, 2.45) is 0 Å². The molecule has 162 valence electrons. The first-order valence-corrected chi connectivity index (χ1v) is 8.87. The van der Waals surface area contributed by atoms with Gasteiger partial charge in [0.1, 0.15) is 23.9 Å². The summed E-state index contributed by atoms with van der Waals surface area (Å²) in [5.41, 5.74) is 1.13. The summed E-state index contributed by atoms with van der Waals surface area (Å²) in [4.78, 5) is 19.1. The molecule has 7 nitrogen and oxygen atoms in total. The van der Waals surface area contributed by atoms with Crippen molar-refractivity contribution in [1.82, 2.24) is 9.97 Å². The maximum atomic E-state index is 13.4. The second-order valence-electron chi connectivity index (χ2n) is 6.27. The Kier molecular flexibility index (Phi) is 6.53. The molecule has 0 radical (unpaired) electrons. The molecule has 3 rings (SSSR count). The quantitative estimate of drug-likeness (QED) is 0.454. The van der Waals surface area contributed by atoms with Crippen LogP contribution >= 0.6 is 0 Å². The summed E-state index contributed by atoms with van der Waals surface area (Å²) in [6.07, 6.45) is -4.85. The zero-order valence-electron chi connectivity index (χ0n) is 15.8. The van der Waals surface area contributed by atoms with Crippen molar-refractivity contribution in [2.75, 3.05) is 17.2 Å². The van der Waals surface area contributed by atoms with Crippen molar-refractivity contribution in [3.8, 4) is 17.0 Å². The second-order valence-corrected chi connectivity index (χ2v) is 6.27. The highest BCUT2D eigenvalue weighted by atomic mass is 19.4. The van der Waals surface area contributed by atoms with Gasteiger partial charge in [-0.2, -0.15) is 4.98 Å². The van der Waals surface area contributed by atoms with Crippen molar-refractivity contribution in [3.63, 3.8) is 0 Å². The zero-order valence-corrected chi connectivity index (χ0v) is 15.8. The fourth-order valence-corrected chi connectivity index (χ4v) is 2.61. The zero-order chi connectivity index (χ0) is 22.4. The lowest BCUT2D eigenvalue weighted by Crippen LogP contribution is -2.17. The van der Waals surface area contributed by atoms with Gasteiger partial charge in [0.05, 0.1) is 5.69 Å². The Bertz CT molecular complexity index is 1080. The number of alkyl halides is 3. The number of halogens is 4. The standard InChI is InChI=1S/C20H16F4N4O3/c21-14-5-1-3-12(7-14)10-25-17-9-16(27-19(28-17)26-11-18(29)30)13-4-2-6-15(8-13)31-20(22,23)24/h1-9H,10-11H2,(H,29,30)(H2,25,26,27,28). The molecule has 11 heteroatoms. The average molecular weight is 436 g/mol. The summed E-state index contributed by atoms with van der Waals surface area (Å²) in [5, 5.41) is 14.3. The van der Waals surface area contributed by atoms with Crippen LogP contribution in [0, 0.1) is 5.82 Å². The average Bonchev–Trinajstić information content (AvgIpc) is 2.70. The summed E-state index contributed by atoms with van der Waals surface area (Å²) in [6.45, 7) is -0.270. The highest BCUT2D eigenvalue weighted by Crippen LogP contribution is 2.28. The minimum absolute atomic E-state index is 0.0521. The summed E-state index contributed by atoms with van der Waals surface area (Å²) in [7, 11) is 0. The number of aromatic nitrogens is 2. The van der Waals surface area contributed by atoms with E-state index >= 15 is 0 Å². The molecule has 0 aliphatic heterocycles. The first kappa shape index (κ1) is 21.8. The van der Waals surface area contributed by atoms with Gasteiger partial charge >= 0.3 is 12.3 Å². The van der Waals surface area contributed by atoms with Crippen LogP contribution in [0.3, 0.4) is 0 Å². The lowest BCUT2D eigenvalue weighted by Gasteiger charge is -2.12. The number of benzene rings is 2. The molecule has 0 unspecified atom stereocenters. The van der Waals surface area contributed by atoms with Crippen LogP contribution in [0.4, 0.5) is 29.3 Å². The molecule has 31 heavy (non-hydrogen) atoms. The van der Waals surface area contributed by atoms with Crippen LogP contribution in [-0.2, 0) is 11.3 Å². The largest absolute Gasteiger partial charge is 0.573 e. The molecule has 3 N–H and O–H groups in total. The van der Waals surface area contributed by atoms with E-state index in [0.717, 1.165) is 12.1 Å². The van der Waals surface area contributed by atoms with E-state index in [0.29, 0.717) is 5.56 Å². The van der Waals surface area contributed by atoms with Gasteiger partial charge in [0.15, 0.2) is 0 Å². The van der Waals surface area contributed by atoms with E-state index in [4.69, 9.17) is 5.11 Å². The Morgan fingerprint density at radius 2 is 1.81 bits per heavy atom. The molecule has 0 aliphatic carbocycles. The van der Waals surface area contributed by atoms with Gasteiger partial charge < -0.3 is 20.5 Å². The minimum Gasteiger partial charge on any atom is -0.480 e. The van der Waals surface area contributed by atoms with Gasteiger partial charge in [-0.05, 0) is 29.8 Å². The number of hydrogen-bond donors (Lipinski definition) is 3. The number of rotatable bonds is 8. The lowest BCUT2D eigenvalue weighted by molar-refractivity contribution is -0.274. The van der Waals surface area contributed by atoms with Gasteiger partial charge in [-0.3, -0.25) is 4.79 Å². The number of carbonyl (C=O) groups is 1. The summed E-state index contributed by atoms with van der Waals surface area (Å²) in [6, 6.07) is 12.5. The van der Waals surface area contributed by atoms with Crippen molar-refractivity contribution in [1.29, 1.82) is 0 Å². The van der Waals surface area contributed by atoms with E-state index < -0.39 is 30.4 Å². The van der Waals surface area contributed by atoms with Crippen LogP contribution in [-0.4, -0.2) is 34.0 Å². The Balaban J connectivity index is 1.89. The predicted molar refractivity (Wildman–Crippen MR) is 104 cm³/mol. The van der Waals surface area contributed by atoms with Crippen LogP contribution in [0.1, 0.15) is 5.56 Å². The van der Waals surface area contributed by atoms with Gasteiger partial charge in [-0.15, -0.1) is 13.2 Å². The van der Waals surface area contributed by atoms with Crippen molar-refractivity contribution < 1.29 is 32.2 Å². The molecule has 0 amide bonds. The van der Waals surface area contributed by atoms with Crippen molar-refractivity contribution in [2.45, 2.75) is 12.9 Å². The second kappa shape index (κ2) is 9.28. The smallest absolute Gasteiger partial charge is 0.480 e. The number of hydrogen-bond acceptors (Lipinski definition) is 6. The van der Waals surface area contributed by atoms with Gasteiger partial charge in [-0.25, -0.2) is 9.37 Å². The number of carboxylic acids is 1. The fourth-order valence-electron chi connectivity index (χ4n) is 2.61. The first-order valence-electron chi connectivity index (χ1n) is 8.87. The minimum atomic E-state index is -4.85. The topological polar surface area (TPSA) is 96.4 Å². The molecule has 0 saturated heterocycles. The van der Waals surface area contributed by atoms with Gasteiger partial charge in [0.2, 0.25) is 5.95 Å². The molecule has 0 atom stereocenters. The molecule has 0 bridgehead atoms. The predicted octanol–water partition coefficient (Wildman–Crippen LogP) is 4.29. The molecule has 0 aliphatic rings. The third-order valence-corrected chi connectivity index (χ3v) is 3.85. The first-order chi connectivity index (χ1) is 14.7. The Hall–Kier alpha value is -3.89. The van der Waals surface area contributed by atoms with Crippen molar-refractivity contribution in [3.05, 3.63) is 66.0 Å². The van der Waals surface area contributed by atoms with Crippen LogP contribution in [0.15, 0.2) is 54.6 Å². The van der Waals surface area contributed by atoms with E-state index in [-0.39, 0.29) is 29.6 Å². The van der Waals surface area contributed by atoms with E-state index in [1.807, 2.05) is 0 Å². The third-order valence-electron chi connectivity index (χ3n) is 3.85. The number of anilines is 2. The third kappa shape index (κ3) is 6.84. The summed E-state index contributed by atoms with van der Waals surface area (Å²) in [5.74, 6) is -1.79. The number of carboxylic acid groups (broad SMARTS) is 1. The van der Waals surface area contributed by atoms with Gasteiger partial charge in [0, 0.05) is 18.2 Å². The number of aliphatic carboxylic acids is 1. The van der Waals surface area contributed by atoms with Crippen LogP contribution in [0.5, 0.6) is 5.75 Å². The molecule has 2 aromatic carbocycles. The molecule has 1 heterocycles. The van der Waals surface area contributed by atoms with E-state index in [2.05, 4.69) is 25.3 Å². The van der Waals surface area contributed by atoms with E-state index in [1.54, 1.807) is 12.1 Å². The molecule has 0 saturated carbocycles. The Morgan fingerprint density at radius 3 is 2.52 bits per heavy atom. The van der Waals surface area contributed by atoms with Crippen LogP contribution in [0.2, 0.25) is 0 Å². The highest BCUT2D eigenvalue weighted by molar-refractivity contribution is 5.72. The molecule has 0 spiro atoms. The Morgan fingerprint density at radius 1 is 1.03 bits per heavy atom.